The van der Waals surface area contributed by atoms with Gasteiger partial charge in [0.25, 0.3) is 0 Å². The monoisotopic (exact) mass is 372 g/mol. The summed E-state index contributed by atoms with van der Waals surface area (Å²) in [4.78, 5) is 2.63. The molecule has 0 radical (unpaired) electrons. The Bertz CT molecular complexity index is 983. The van der Waals surface area contributed by atoms with Gasteiger partial charge in [0.1, 0.15) is 0 Å². The van der Waals surface area contributed by atoms with E-state index in [2.05, 4.69) is 85.0 Å². The molecule has 0 saturated carbocycles. The fourth-order valence-electron chi connectivity index (χ4n) is 4.29. The molecule has 0 spiro atoms. The van der Waals surface area contributed by atoms with E-state index in [1.54, 1.807) is 0 Å². The van der Waals surface area contributed by atoms with Gasteiger partial charge in [-0.2, -0.15) is 0 Å². The van der Waals surface area contributed by atoms with Crippen molar-refractivity contribution in [2.24, 2.45) is 0 Å². The summed E-state index contributed by atoms with van der Waals surface area (Å²) < 4.78 is 2.42. The molecule has 1 aliphatic rings. The number of aromatic nitrogens is 1. The highest BCUT2D eigenvalue weighted by molar-refractivity contribution is 5.88. The van der Waals surface area contributed by atoms with Gasteiger partial charge in [0.2, 0.25) is 0 Å². The lowest BCUT2D eigenvalue weighted by molar-refractivity contribution is 0.221. The Balaban J connectivity index is 1.75. The highest BCUT2D eigenvalue weighted by atomic mass is 15.1. The van der Waals surface area contributed by atoms with E-state index in [0.717, 1.165) is 13.1 Å². The van der Waals surface area contributed by atoms with Gasteiger partial charge in [0.15, 0.2) is 0 Å². The molecule has 1 aromatic heterocycles. The van der Waals surface area contributed by atoms with Crippen molar-refractivity contribution >= 4 is 10.9 Å². The van der Waals surface area contributed by atoms with E-state index in [9.17, 15) is 0 Å². The highest BCUT2D eigenvalue weighted by Crippen LogP contribution is 2.30. The van der Waals surface area contributed by atoms with Crippen molar-refractivity contribution in [3.63, 3.8) is 0 Å². The molecule has 0 N–H and O–H groups in total. The second-order valence-electron chi connectivity index (χ2n) is 8.53. The minimum absolute atomic E-state index is 0.947. The highest BCUT2D eigenvalue weighted by Gasteiger charge is 2.15. The van der Waals surface area contributed by atoms with Crippen LogP contribution in [0.2, 0.25) is 0 Å². The molecule has 3 aromatic rings. The molecule has 2 aromatic carbocycles. The lowest BCUT2D eigenvalue weighted by atomic mass is 10.0. The smallest absolute Gasteiger partial charge is 0.0487 e. The first-order valence-electron chi connectivity index (χ1n) is 10.6. The lowest BCUT2D eigenvalue weighted by Gasteiger charge is -2.26. The van der Waals surface area contributed by atoms with Gasteiger partial charge in [-0.15, -0.1) is 0 Å². The summed E-state index contributed by atoms with van der Waals surface area (Å²) in [7, 11) is 0. The summed E-state index contributed by atoms with van der Waals surface area (Å²) in [6, 6.07) is 15.8. The van der Waals surface area contributed by atoms with Crippen molar-refractivity contribution in [3.8, 4) is 11.1 Å². The second kappa shape index (κ2) is 8.36. The van der Waals surface area contributed by atoms with E-state index in [-0.39, 0.29) is 0 Å². The van der Waals surface area contributed by atoms with Crippen LogP contribution in [0.5, 0.6) is 0 Å². The lowest BCUT2D eigenvalue weighted by Crippen LogP contribution is -2.28. The molecule has 4 rings (SSSR count). The van der Waals surface area contributed by atoms with E-state index in [0.29, 0.717) is 0 Å². The molecule has 2 nitrogen and oxygen atoms in total. The number of hydrogen-bond acceptors (Lipinski definition) is 1. The van der Waals surface area contributed by atoms with Crippen LogP contribution in [0.3, 0.4) is 0 Å². The first-order chi connectivity index (χ1) is 13.6. The maximum atomic E-state index is 2.63. The van der Waals surface area contributed by atoms with Gasteiger partial charge < -0.3 is 4.57 Å². The summed E-state index contributed by atoms with van der Waals surface area (Å²) in [6.45, 7) is 11.0. The summed E-state index contributed by atoms with van der Waals surface area (Å²) in [6.07, 6.45) is 8.77. The molecule has 0 amide bonds. The summed E-state index contributed by atoms with van der Waals surface area (Å²) in [5.41, 5.74) is 8.12. The molecular formula is C26H32N2. The Labute approximate surface area is 169 Å². The topological polar surface area (TPSA) is 8.17 Å². The fraction of sp³-hybridized carbons (Fsp3) is 0.385. The number of fused-ring (bicyclic) bond motifs is 1. The normalized spacial score (nSPS) is 15.1. The molecule has 0 aliphatic carbocycles. The van der Waals surface area contributed by atoms with Crippen LogP contribution < -0.4 is 0 Å². The largest absolute Gasteiger partial charge is 0.343 e. The van der Waals surface area contributed by atoms with Crippen molar-refractivity contribution in [1.82, 2.24) is 9.47 Å². The molecule has 1 saturated heterocycles. The number of allylic oxidation sites excluding steroid dienone is 2. The van der Waals surface area contributed by atoms with Crippen LogP contribution in [-0.2, 0) is 13.1 Å². The molecule has 0 bridgehead atoms. The maximum Gasteiger partial charge on any atom is 0.0487 e. The number of likely N-dealkylation sites (tertiary alicyclic amines) is 1. The molecule has 146 valence electrons. The van der Waals surface area contributed by atoms with Gasteiger partial charge in [-0.05, 0) is 75.5 Å². The van der Waals surface area contributed by atoms with Crippen LogP contribution in [0.1, 0.15) is 44.2 Å². The van der Waals surface area contributed by atoms with Gasteiger partial charge >= 0.3 is 0 Å². The van der Waals surface area contributed by atoms with Crippen molar-refractivity contribution in [3.05, 3.63) is 71.4 Å². The van der Waals surface area contributed by atoms with E-state index in [1.807, 2.05) is 0 Å². The average Bonchev–Trinajstić information content (AvgIpc) is 3.04. The van der Waals surface area contributed by atoms with Crippen LogP contribution in [0.4, 0.5) is 0 Å². The SMILES string of the molecule is CC(C)=CCn1cc(CN2CCCCC2)c2cc(-c3cccc(C)c3)ccc21. The minimum atomic E-state index is 0.947. The number of aryl methyl sites for hydroxylation is 1. The average molecular weight is 373 g/mol. The molecule has 1 aliphatic heterocycles. The molecule has 0 atom stereocenters. The van der Waals surface area contributed by atoms with Crippen molar-refractivity contribution in [1.29, 1.82) is 0 Å². The van der Waals surface area contributed by atoms with E-state index in [4.69, 9.17) is 0 Å². The number of piperidine rings is 1. The number of hydrogen-bond donors (Lipinski definition) is 0. The first-order valence-corrected chi connectivity index (χ1v) is 10.6. The molecule has 2 heterocycles. The Hall–Kier alpha value is -2.32. The Kier molecular flexibility index (Phi) is 5.68. The quantitative estimate of drug-likeness (QED) is 0.460. The fourth-order valence-corrected chi connectivity index (χ4v) is 4.29. The van der Waals surface area contributed by atoms with Gasteiger partial charge in [0.05, 0.1) is 0 Å². The van der Waals surface area contributed by atoms with Crippen LogP contribution in [0.15, 0.2) is 60.3 Å². The third-order valence-corrected chi connectivity index (χ3v) is 5.85. The molecule has 0 unspecified atom stereocenters. The predicted octanol–water partition coefficient (Wildman–Crippen LogP) is 6.57. The molecular weight excluding hydrogens is 340 g/mol. The Morgan fingerprint density at radius 3 is 2.50 bits per heavy atom. The summed E-state index contributed by atoms with van der Waals surface area (Å²) in [5, 5.41) is 1.41. The third-order valence-electron chi connectivity index (χ3n) is 5.85. The maximum absolute atomic E-state index is 2.63. The van der Waals surface area contributed by atoms with Crippen LogP contribution in [0, 0.1) is 6.92 Å². The van der Waals surface area contributed by atoms with Gasteiger partial charge in [0, 0.05) is 30.2 Å². The van der Waals surface area contributed by atoms with Crippen molar-refractivity contribution in [2.45, 2.75) is 53.1 Å². The second-order valence-corrected chi connectivity index (χ2v) is 8.53. The van der Waals surface area contributed by atoms with Gasteiger partial charge in [-0.25, -0.2) is 0 Å². The zero-order valence-corrected chi connectivity index (χ0v) is 17.5. The van der Waals surface area contributed by atoms with Crippen LogP contribution >= 0.6 is 0 Å². The third kappa shape index (κ3) is 4.23. The van der Waals surface area contributed by atoms with E-state index in [1.165, 1.54) is 71.1 Å². The van der Waals surface area contributed by atoms with Crippen LogP contribution in [0.25, 0.3) is 22.0 Å². The minimum Gasteiger partial charge on any atom is -0.343 e. The Morgan fingerprint density at radius 1 is 0.964 bits per heavy atom. The Morgan fingerprint density at radius 2 is 1.75 bits per heavy atom. The first kappa shape index (κ1) is 19.0. The molecule has 2 heteroatoms. The standard InChI is InChI=1S/C26H32N2/c1-20(2)12-15-28-19-24(18-27-13-5-4-6-14-27)25-17-23(10-11-26(25)28)22-9-7-8-21(3)16-22/h7-12,16-17,19H,4-6,13-15,18H2,1-3H3. The van der Waals surface area contributed by atoms with Gasteiger partial charge in [-0.1, -0.05) is 54.0 Å². The predicted molar refractivity (Wildman–Crippen MR) is 121 cm³/mol. The number of nitrogens with zero attached hydrogens (tertiary/aromatic N) is 2. The number of benzene rings is 2. The van der Waals surface area contributed by atoms with Crippen molar-refractivity contribution in [2.75, 3.05) is 13.1 Å². The van der Waals surface area contributed by atoms with E-state index < -0.39 is 0 Å². The summed E-state index contributed by atoms with van der Waals surface area (Å²) >= 11 is 0. The zero-order valence-electron chi connectivity index (χ0n) is 17.5. The molecule has 1 fully saturated rings. The van der Waals surface area contributed by atoms with Crippen molar-refractivity contribution < 1.29 is 0 Å². The van der Waals surface area contributed by atoms with E-state index >= 15 is 0 Å². The molecule has 28 heavy (non-hydrogen) atoms. The van der Waals surface area contributed by atoms with Crippen LogP contribution in [-0.4, -0.2) is 22.6 Å². The summed E-state index contributed by atoms with van der Waals surface area (Å²) in [5.74, 6) is 0. The number of rotatable bonds is 5. The van der Waals surface area contributed by atoms with Gasteiger partial charge in [-0.3, -0.25) is 4.90 Å². The zero-order chi connectivity index (χ0) is 19.5.